The van der Waals surface area contributed by atoms with E-state index in [-0.39, 0.29) is 11.9 Å². The van der Waals surface area contributed by atoms with E-state index in [9.17, 15) is 4.79 Å². The van der Waals surface area contributed by atoms with E-state index in [0.717, 1.165) is 5.56 Å². The van der Waals surface area contributed by atoms with E-state index in [0.29, 0.717) is 17.9 Å². The van der Waals surface area contributed by atoms with E-state index in [2.05, 4.69) is 0 Å². The second kappa shape index (κ2) is 5.39. The standard InChI is InChI=1S/C12H17NO3/c1-4-8(12(14)16-3)9-6-5-7-10(15-2)11(9)13/h5-8H,4,13H2,1-3H3. The highest BCUT2D eigenvalue weighted by atomic mass is 16.5. The molecule has 1 atom stereocenters. The van der Waals surface area contributed by atoms with Crippen LogP contribution in [0.3, 0.4) is 0 Å². The third kappa shape index (κ3) is 2.27. The summed E-state index contributed by atoms with van der Waals surface area (Å²) >= 11 is 0. The molecular formula is C12H17NO3. The first-order valence-electron chi connectivity index (χ1n) is 5.15. The quantitative estimate of drug-likeness (QED) is 0.626. The van der Waals surface area contributed by atoms with E-state index in [4.69, 9.17) is 15.2 Å². The van der Waals surface area contributed by atoms with Crippen LogP contribution in [0, 0.1) is 0 Å². The summed E-state index contributed by atoms with van der Waals surface area (Å²) in [7, 11) is 2.93. The number of esters is 1. The smallest absolute Gasteiger partial charge is 0.313 e. The first-order chi connectivity index (χ1) is 7.65. The molecule has 0 spiro atoms. The van der Waals surface area contributed by atoms with Crippen molar-refractivity contribution in [2.45, 2.75) is 19.3 Å². The summed E-state index contributed by atoms with van der Waals surface area (Å²) in [6, 6.07) is 5.40. The number of carbonyl (C=O) groups excluding carboxylic acids is 1. The van der Waals surface area contributed by atoms with Crippen molar-refractivity contribution in [2.75, 3.05) is 20.0 Å². The molecule has 0 aliphatic heterocycles. The van der Waals surface area contributed by atoms with Crippen LogP contribution in [-0.2, 0) is 9.53 Å². The molecule has 4 nitrogen and oxygen atoms in total. The molecule has 0 fully saturated rings. The zero-order chi connectivity index (χ0) is 12.1. The molecule has 16 heavy (non-hydrogen) atoms. The number of rotatable bonds is 4. The van der Waals surface area contributed by atoms with Crippen LogP contribution in [0.5, 0.6) is 5.75 Å². The lowest BCUT2D eigenvalue weighted by atomic mass is 9.95. The van der Waals surface area contributed by atoms with Crippen molar-refractivity contribution >= 4 is 11.7 Å². The number of hydrogen-bond donors (Lipinski definition) is 1. The molecule has 2 N–H and O–H groups in total. The zero-order valence-electron chi connectivity index (χ0n) is 9.82. The highest BCUT2D eigenvalue weighted by Crippen LogP contribution is 2.32. The van der Waals surface area contributed by atoms with E-state index in [1.54, 1.807) is 13.2 Å². The van der Waals surface area contributed by atoms with Crippen molar-refractivity contribution in [3.05, 3.63) is 23.8 Å². The van der Waals surface area contributed by atoms with E-state index >= 15 is 0 Å². The van der Waals surface area contributed by atoms with Gasteiger partial charge in [0.1, 0.15) is 5.75 Å². The van der Waals surface area contributed by atoms with Gasteiger partial charge in [-0.15, -0.1) is 0 Å². The van der Waals surface area contributed by atoms with Crippen LogP contribution in [0.4, 0.5) is 5.69 Å². The average molecular weight is 223 g/mol. The van der Waals surface area contributed by atoms with Crippen LogP contribution in [0.2, 0.25) is 0 Å². The Morgan fingerprint density at radius 2 is 2.12 bits per heavy atom. The van der Waals surface area contributed by atoms with E-state index in [1.807, 2.05) is 19.1 Å². The van der Waals surface area contributed by atoms with Gasteiger partial charge in [-0.05, 0) is 18.1 Å². The molecule has 1 aromatic rings. The summed E-state index contributed by atoms with van der Waals surface area (Å²) in [5, 5.41) is 0. The molecule has 0 aliphatic rings. The van der Waals surface area contributed by atoms with Crippen LogP contribution >= 0.6 is 0 Å². The van der Waals surface area contributed by atoms with Crippen LogP contribution < -0.4 is 10.5 Å². The number of benzene rings is 1. The topological polar surface area (TPSA) is 61.5 Å². The maximum atomic E-state index is 11.6. The normalized spacial score (nSPS) is 11.9. The molecule has 0 aromatic heterocycles. The van der Waals surface area contributed by atoms with Crippen molar-refractivity contribution in [1.82, 2.24) is 0 Å². The maximum Gasteiger partial charge on any atom is 0.313 e. The number of carbonyl (C=O) groups is 1. The molecule has 0 aliphatic carbocycles. The van der Waals surface area contributed by atoms with Gasteiger partial charge in [0.25, 0.3) is 0 Å². The molecule has 1 unspecified atom stereocenters. The summed E-state index contributed by atoms with van der Waals surface area (Å²) in [4.78, 5) is 11.6. The summed E-state index contributed by atoms with van der Waals surface area (Å²) in [6.45, 7) is 1.92. The lowest BCUT2D eigenvalue weighted by Crippen LogP contribution is -2.15. The minimum Gasteiger partial charge on any atom is -0.495 e. The van der Waals surface area contributed by atoms with Crippen molar-refractivity contribution < 1.29 is 14.3 Å². The van der Waals surface area contributed by atoms with E-state index < -0.39 is 0 Å². The Kier molecular flexibility index (Phi) is 4.17. The van der Waals surface area contributed by atoms with E-state index in [1.165, 1.54) is 7.11 Å². The fourth-order valence-electron chi connectivity index (χ4n) is 1.70. The summed E-state index contributed by atoms with van der Waals surface area (Å²) in [6.07, 6.45) is 0.643. The molecule has 0 saturated carbocycles. The molecule has 4 heteroatoms. The summed E-state index contributed by atoms with van der Waals surface area (Å²) in [5.74, 6) is -0.0255. The van der Waals surface area contributed by atoms with Gasteiger partial charge in [-0.3, -0.25) is 4.79 Å². The second-order valence-corrected chi connectivity index (χ2v) is 3.45. The van der Waals surface area contributed by atoms with Gasteiger partial charge in [-0.1, -0.05) is 19.1 Å². The minimum absolute atomic E-state index is 0.276. The van der Waals surface area contributed by atoms with Gasteiger partial charge in [0.2, 0.25) is 0 Å². The number of ether oxygens (including phenoxy) is 2. The number of nitrogens with two attached hydrogens (primary N) is 1. The Labute approximate surface area is 95.3 Å². The van der Waals surface area contributed by atoms with Crippen LogP contribution in [-0.4, -0.2) is 20.2 Å². The fraction of sp³-hybridized carbons (Fsp3) is 0.417. The maximum absolute atomic E-state index is 11.6. The monoisotopic (exact) mass is 223 g/mol. The van der Waals surface area contributed by atoms with Gasteiger partial charge in [-0.2, -0.15) is 0 Å². The van der Waals surface area contributed by atoms with Gasteiger partial charge in [-0.25, -0.2) is 0 Å². The third-order valence-electron chi connectivity index (χ3n) is 2.59. The highest BCUT2D eigenvalue weighted by molar-refractivity contribution is 5.81. The number of methoxy groups -OCH3 is 2. The number of hydrogen-bond acceptors (Lipinski definition) is 4. The van der Waals surface area contributed by atoms with Crippen molar-refractivity contribution in [3.8, 4) is 5.75 Å². The van der Waals surface area contributed by atoms with Gasteiger partial charge in [0.05, 0.1) is 25.8 Å². The summed E-state index contributed by atoms with van der Waals surface area (Å²) < 4.78 is 9.87. The first-order valence-corrected chi connectivity index (χ1v) is 5.15. The van der Waals surface area contributed by atoms with Gasteiger partial charge < -0.3 is 15.2 Å². The lowest BCUT2D eigenvalue weighted by molar-refractivity contribution is -0.142. The highest BCUT2D eigenvalue weighted by Gasteiger charge is 2.22. The lowest BCUT2D eigenvalue weighted by Gasteiger charge is -2.16. The predicted molar refractivity (Wildman–Crippen MR) is 62.5 cm³/mol. The molecular weight excluding hydrogens is 206 g/mol. The van der Waals surface area contributed by atoms with Crippen molar-refractivity contribution in [2.24, 2.45) is 0 Å². The van der Waals surface area contributed by atoms with Crippen LogP contribution in [0.25, 0.3) is 0 Å². The molecule has 0 bridgehead atoms. The zero-order valence-corrected chi connectivity index (χ0v) is 9.82. The van der Waals surface area contributed by atoms with Crippen LogP contribution in [0.15, 0.2) is 18.2 Å². The first kappa shape index (κ1) is 12.4. The Bertz CT molecular complexity index is 377. The molecule has 0 heterocycles. The van der Waals surface area contributed by atoms with Crippen LogP contribution in [0.1, 0.15) is 24.8 Å². The molecule has 88 valence electrons. The average Bonchev–Trinajstić information content (AvgIpc) is 2.31. The van der Waals surface area contributed by atoms with Gasteiger partial charge in [0.15, 0.2) is 0 Å². The minimum atomic E-state index is -0.333. The molecule has 1 aromatic carbocycles. The number of anilines is 1. The Morgan fingerprint density at radius 1 is 1.44 bits per heavy atom. The van der Waals surface area contributed by atoms with Crippen molar-refractivity contribution in [3.63, 3.8) is 0 Å². The Balaban J connectivity index is 3.15. The van der Waals surface area contributed by atoms with Gasteiger partial charge in [0, 0.05) is 0 Å². The van der Waals surface area contributed by atoms with Gasteiger partial charge >= 0.3 is 5.97 Å². The third-order valence-corrected chi connectivity index (χ3v) is 2.59. The Morgan fingerprint density at radius 3 is 2.62 bits per heavy atom. The van der Waals surface area contributed by atoms with Crippen molar-refractivity contribution in [1.29, 1.82) is 0 Å². The SMILES string of the molecule is CCC(C(=O)OC)c1cccc(OC)c1N. The molecule has 0 radical (unpaired) electrons. The Hall–Kier alpha value is -1.71. The predicted octanol–water partition coefficient (Wildman–Crippen LogP) is 1.94. The summed E-state index contributed by atoms with van der Waals surface area (Å²) in [5.41, 5.74) is 7.19. The molecule has 0 amide bonds. The number of nitrogen functional groups attached to an aromatic ring is 1. The number of para-hydroxylation sites is 1. The second-order valence-electron chi connectivity index (χ2n) is 3.45. The molecule has 1 rings (SSSR count). The fourth-order valence-corrected chi connectivity index (χ4v) is 1.70. The molecule has 0 saturated heterocycles. The largest absolute Gasteiger partial charge is 0.495 e.